The Morgan fingerprint density at radius 1 is 0.963 bits per heavy atom. The van der Waals surface area contributed by atoms with Crippen molar-refractivity contribution in [3.63, 3.8) is 0 Å². The second-order valence-electron chi connectivity index (χ2n) is 5.69. The molecule has 0 aromatic heterocycles. The first-order chi connectivity index (χ1) is 13.0. The van der Waals surface area contributed by atoms with Gasteiger partial charge in [0.15, 0.2) is 5.75 Å². The molecular formula is C20H18Cl4O3. The highest BCUT2D eigenvalue weighted by molar-refractivity contribution is 6.55. The molecule has 0 spiro atoms. The predicted molar refractivity (Wildman–Crippen MR) is 112 cm³/mol. The number of unbranched alkanes of at least 4 members (excludes halogenated alkanes) is 1. The van der Waals surface area contributed by atoms with Gasteiger partial charge >= 0.3 is 0 Å². The first-order valence-electron chi connectivity index (χ1n) is 8.29. The van der Waals surface area contributed by atoms with Gasteiger partial charge in [-0.15, -0.1) is 0 Å². The minimum atomic E-state index is 0.131. The standard InChI is InChI=1S/C20H18Cl4O3/c21-17-11-16(26-10-8-19(23)24)12-18(22)20(17)27-9-2-1-3-14-4-6-15(13-25)7-5-14/h4-8,11-13H,1-3,9-10H2. The number of halogens is 4. The van der Waals surface area contributed by atoms with Crippen LogP contribution in [0.1, 0.15) is 28.8 Å². The highest BCUT2D eigenvalue weighted by Crippen LogP contribution is 2.37. The van der Waals surface area contributed by atoms with Crippen molar-refractivity contribution in [1.29, 1.82) is 0 Å². The number of hydrogen-bond acceptors (Lipinski definition) is 3. The van der Waals surface area contributed by atoms with Crippen LogP contribution in [0.25, 0.3) is 0 Å². The fraction of sp³-hybridized carbons (Fsp3) is 0.250. The third kappa shape index (κ3) is 7.63. The summed E-state index contributed by atoms with van der Waals surface area (Å²) in [6, 6.07) is 10.8. The Hall–Kier alpha value is -1.39. The van der Waals surface area contributed by atoms with Gasteiger partial charge in [0.2, 0.25) is 0 Å². The lowest BCUT2D eigenvalue weighted by Crippen LogP contribution is -2.00. The zero-order valence-electron chi connectivity index (χ0n) is 14.4. The van der Waals surface area contributed by atoms with Crippen LogP contribution in [0.5, 0.6) is 11.5 Å². The summed E-state index contributed by atoms with van der Waals surface area (Å²) in [5.74, 6) is 0.939. The van der Waals surface area contributed by atoms with Crippen molar-refractivity contribution in [2.75, 3.05) is 13.2 Å². The Bertz CT molecular complexity index is 761. The van der Waals surface area contributed by atoms with Gasteiger partial charge in [0.25, 0.3) is 0 Å². The number of rotatable bonds is 10. The first-order valence-corrected chi connectivity index (χ1v) is 9.80. The molecule has 3 nitrogen and oxygen atoms in total. The predicted octanol–water partition coefficient (Wildman–Crippen LogP) is 6.91. The van der Waals surface area contributed by atoms with E-state index in [1.54, 1.807) is 12.1 Å². The monoisotopic (exact) mass is 446 g/mol. The van der Waals surface area contributed by atoms with Crippen LogP contribution in [0.15, 0.2) is 47.0 Å². The molecule has 0 saturated heterocycles. The molecule has 2 aromatic carbocycles. The smallest absolute Gasteiger partial charge is 0.156 e. The van der Waals surface area contributed by atoms with Crippen LogP contribution in [0.3, 0.4) is 0 Å². The molecule has 27 heavy (non-hydrogen) atoms. The third-order valence-electron chi connectivity index (χ3n) is 3.68. The van der Waals surface area contributed by atoms with Gasteiger partial charge in [-0.1, -0.05) is 70.7 Å². The zero-order valence-corrected chi connectivity index (χ0v) is 17.4. The van der Waals surface area contributed by atoms with Crippen LogP contribution in [0, 0.1) is 0 Å². The third-order valence-corrected chi connectivity index (χ3v) is 4.55. The largest absolute Gasteiger partial charge is 0.490 e. The molecule has 0 atom stereocenters. The molecule has 0 amide bonds. The highest BCUT2D eigenvalue weighted by atomic mass is 35.5. The van der Waals surface area contributed by atoms with Crippen LogP contribution >= 0.6 is 46.4 Å². The zero-order chi connectivity index (χ0) is 19.6. The number of aldehydes is 1. The molecule has 2 aromatic rings. The molecule has 0 radical (unpaired) electrons. The number of ether oxygens (including phenoxy) is 2. The molecule has 144 valence electrons. The molecule has 0 N–H and O–H groups in total. The molecule has 0 saturated carbocycles. The molecular weight excluding hydrogens is 430 g/mol. The summed E-state index contributed by atoms with van der Waals surface area (Å²) >= 11 is 23.5. The Labute approximate surface area is 178 Å². The summed E-state index contributed by atoms with van der Waals surface area (Å²) in [4.78, 5) is 10.6. The molecule has 7 heteroatoms. The van der Waals surface area contributed by atoms with E-state index in [0.717, 1.165) is 25.5 Å². The minimum Gasteiger partial charge on any atom is -0.490 e. The minimum absolute atomic E-state index is 0.131. The Morgan fingerprint density at radius 2 is 1.63 bits per heavy atom. The van der Waals surface area contributed by atoms with Crippen molar-refractivity contribution in [3.05, 3.63) is 68.1 Å². The van der Waals surface area contributed by atoms with Gasteiger partial charge in [-0.25, -0.2) is 0 Å². The topological polar surface area (TPSA) is 35.5 Å². The molecule has 0 bridgehead atoms. The molecule has 0 aliphatic carbocycles. The van der Waals surface area contributed by atoms with E-state index in [2.05, 4.69) is 0 Å². The van der Waals surface area contributed by atoms with Gasteiger partial charge in [0.05, 0.1) is 16.7 Å². The van der Waals surface area contributed by atoms with Crippen molar-refractivity contribution in [2.24, 2.45) is 0 Å². The van der Waals surface area contributed by atoms with Gasteiger partial charge in [-0.3, -0.25) is 4.79 Å². The average molecular weight is 448 g/mol. The van der Waals surface area contributed by atoms with Crippen molar-refractivity contribution in [1.82, 2.24) is 0 Å². The van der Waals surface area contributed by atoms with E-state index in [1.807, 2.05) is 24.3 Å². The molecule has 0 heterocycles. The molecule has 0 aliphatic heterocycles. The Balaban J connectivity index is 1.79. The van der Waals surface area contributed by atoms with Crippen LogP contribution in [0.2, 0.25) is 10.0 Å². The van der Waals surface area contributed by atoms with Gasteiger partial charge in [0.1, 0.15) is 23.1 Å². The van der Waals surface area contributed by atoms with Crippen molar-refractivity contribution in [2.45, 2.75) is 19.3 Å². The number of hydrogen-bond donors (Lipinski definition) is 0. The summed E-state index contributed by atoms with van der Waals surface area (Å²) in [7, 11) is 0. The summed E-state index contributed by atoms with van der Waals surface area (Å²) in [5.41, 5.74) is 1.87. The van der Waals surface area contributed by atoms with Crippen LogP contribution in [-0.4, -0.2) is 19.5 Å². The van der Waals surface area contributed by atoms with Gasteiger partial charge in [-0.2, -0.15) is 0 Å². The molecule has 0 fully saturated rings. The van der Waals surface area contributed by atoms with Gasteiger partial charge in [-0.05, 0) is 30.9 Å². The first kappa shape index (κ1) is 21.9. The summed E-state index contributed by atoms with van der Waals surface area (Å²) < 4.78 is 11.3. The second-order valence-corrected chi connectivity index (χ2v) is 7.51. The average Bonchev–Trinajstić information content (AvgIpc) is 2.63. The fourth-order valence-electron chi connectivity index (χ4n) is 2.33. The summed E-state index contributed by atoms with van der Waals surface area (Å²) in [6.45, 7) is 0.708. The van der Waals surface area contributed by atoms with E-state index in [9.17, 15) is 4.79 Å². The second kappa shape index (κ2) is 11.5. The van der Waals surface area contributed by atoms with Crippen LogP contribution < -0.4 is 9.47 Å². The Morgan fingerprint density at radius 3 is 2.22 bits per heavy atom. The van der Waals surface area contributed by atoms with Gasteiger partial charge in [0, 0.05) is 17.7 Å². The number of carbonyl (C=O) groups excluding carboxylic acids is 1. The Kier molecular flexibility index (Phi) is 9.29. The fourth-order valence-corrected chi connectivity index (χ4v) is 3.03. The van der Waals surface area contributed by atoms with Crippen molar-refractivity contribution in [3.8, 4) is 11.5 Å². The maximum atomic E-state index is 10.6. The molecule has 2 rings (SSSR count). The van der Waals surface area contributed by atoms with E-state index in [1.165, 1.54) is 11.6 Å². The number of aryl methyl sites for hydroxylation is 1. The van der Waals surface area contributed by atoms with Crippen LogP contribution in [0.4, 0.5) is 0 Å². The van der Waals surface area contributed by atoms with E-state index in [0.29, 0.717) is 33.7 Å². The normalized spacial score (nSPS) is 10.4. The van der Waals surface area contributed by atoms with E-state index < -0.39 is 0 Å². The lowest BCUT2D eigenvalue weighted by atomic mass is 10.1. The van der Waals surface area contributed by atoms with E-state index in [-0.39, 0.29) is 11.1 Å². The van der Waals surface area contributed by atoms with Crippen molar-refractivity contribution >= 4 is 52.7 Å². The summed E-state index contributed by atoms with van der Waals surface area (Å²) in [6.07, 6.45) is 5.06. The van der Waals surface area contributed by atoms with E-state index >= 15 is 0 Å². The quantitative estimate of drug-likeness (QED) is 0.293. The lowest BCUT2D eigenvalue weighted by molar-refractivity contribution is 0.112. The lowest BCUT2D eigenvalue weighted by Gasteiger charge is -2.12. The maximum Gasteiger partial charge on any atom is 0.156 e. The molecule has 0 unspecified atom stereocenters. The SMILES string of the molecule is O=Cc1ccc(CCCCOc2c(Cl)cc(OCC=C(Cl)Cl)cc2Cl)cc1. The van der Waals surface area contributed by atoms with Crippen LogP contribution in [-0.2, 0) is 6.42 Å². The van der Waals surface area contributed by atoms with Gasteiger partial charge < -0.3 is 9.47 Å². The molecule has 0 aliphatic rings. The van der Waals surface area contributed by atoms with E-state index in [4.69, 9.17) is 55.9 Å². The summed E-state index contributed by atoms with van der Waals surface area (Å²) in [5, 5.41) is 0.755. The number of benzene rings is 2. The maximum absolute atomic E-state index is 10.6. The number of carbonyl (C=O) groups is 1. The highest BCUT2D eigenvalue weighted by Gasteiger charge is 2.10. The van der Waals surface area contributed by atoms with Crippen molar-refractivity contribution < 1.29 is 14.3 Å².